The van der Waals surface area contributed by atoms with E-state index in [4.69, 9.17) is 11.6 Å². The second-order valence-electron chi connectivity index (χ2n) is 5.68. The number of rotatable bonds is 5. The van der Waals surface area contributed by atoms with Gasteiger partial charge in [0.2, 0.25) is 5.91 Å². The maximum atomic E-state index is 12.2. The van der Waals surface area contributed by atoms with Crippen molar-refractivity contribution in [3.63, 3.8) is 0 Å². The van der Waals surface area contributed by atoms with Crippen molar-refractivity contribution >= 4 is 29.0 Å². The number of nitrogens with one attached hydrogen (secondary N) is 1. The van der Waals surface area contributed by atoms with E-state index >= 15 is 0 Å². The molecule has 1 heterocycles. The summed E-state index contributed by atoms with van der Waals surface area (Å²) in [6, 6.07) is 13.8. The number of nitroso groups, excluding NO2 is 1. The third kappa shape index (κ3) is 4.29. The topological polar surface area (TPSA) is 84.3 Å². The van der Waals surface area contributed by atoms with Crippen molar-refractivity contribution in [2.45, 2.75) is 13.3 Å². The lowest BCUT2D eigenvalue weighted by Crippen LogP contribution is -2.16. The van der Waals surface area contributed by atoms with Crippen LogP contribution in [0, 0.1) is 11.8 Å². The average molecular weight is 367 g/mol. The molecule has 3 rings (SSSR count). The van der Waals surface area contributed by atoms with E-state index in [-0.39, 0.29) is 12.3 Å². The molecule has 0 saturated heterocycles. The summed E-state index contributed by atoms with van der Waals surface area (Å²) in [6.07, 6.45) is 1.80. The van der Waals surface area contributed by atoms with Crippen molar-refractivity contribution in [3.05, 3.63) is 75.9 Å². The number of carbonyl (C=O) groups is 1. The van der Waals surface area contributed by atoms with E-state index in [1.807, 2.05) is 0 Å². The number of halogens is 1. The third-order valence-corrected chi connectivity index (χ3v) is 4.00. The van der Waals surface area contributed by atoms with Crippen molar-refractivity contribution in [1.29, 1.82) is 0 Å². The summed E-state index contributed by atoms with van der Waals surface area (Å²) in [5.41, 5.74) is 3.27. The minimum atomic E-state index is -0.182. The lowest BCUT2D eigenvalue weighted by Gasteiger charge is -2.09. The molecule has 7 heteroatoms. The van der Waals surface area contributed by atoms with Crippen molar-refractivity contribution < 1.29 is 4.79 Å². The number of anilines is 1. The Morgan fingerprint density at radius 2 is 1.81 bits per heavy atom. The number of nitrogens with zero attached hydrogens (tertiary/aromatic N) is 3. The minimum Gasteiger partial charge on any atom is -0.309 e. The summed E-state index contributed by atoms with van der Waals surface area (Å²) >= 11 is 5.84. The highest BCUT2D eigenvalue weighted by Gasteiger charge is 2.10. The maximum Gasteiger partial charge on any atom is 0.229 e. The average Bonchev–Trinajstić information content (AvgIpc) is 2.65. The van der Waals surface area contributed by atoms with Crippen molar-refractivity contribution in [1.82, 2.24) is 9.97 Å². The summed E-state index contributed by atoms with van der Waals surface area (Å²) in [5.74, 6) is 0.234. The van der Waals surface area contributed by atoms with Gasteiger partial charge in [-0.1, -0.05) is 35.9 Å². The number of hydrogen-bond acceptors (Lipinski definition) is 5. The molecule has 26 heavy (non-hydrogen) atoms. The van der Waals surface area contributed by atoms with Crippen LogP contribution < -0.4 is 5.32 Å². The third-order valence-electron chi connectivity index (χ3n) is 3.75. The van der Waals surface area contributed by atoms with Gasteiger partial charge >= 0.3 is 0 Å². The zero-order valence-corrected chi connectivity index (χ0v) is 14.7. The fourth-order valence-corrected chi connectivity index (χ4v) is 2.53. The Morgan fingerprint density at radius 3 is 2.42 bits per heavy atom. The maximum absolute atomic E-state index is 12.2. The van der Waals surface area contributed by atoms with Crippen molar-refractivity contribution in [2.75, 3.05) is 5.32 Å². The summed E-state index contributed by atoms with van der Waals surface area (Å²) in [6.45, 7) is 1.77. The summed E-state index contributed by atoms with van der Waals surface area (Å²) < 4.78 is 0. The first-order valence-corrected chi connectivity index (χ1v) is 8.24. The van der Waals surface area contributed by atoms with Crippen LogP contribution in [0.5, 0.6) is 0 Å². The van der Waals surface area contributed by atoms with Crippen LogP contribution in [-0.2, 0) is 11.2 Å². The summed E-state index contributed by atoms with van der Waals surface area (Å²) in [7, 11) is 0. The number of carbonyl (C=O) groups excluding carboxylic acids is 1. The fraction of sp³-hybridized carbons (Fsp3) is 0.105. The Balaban J connectivity index is 1.71. The molecule has 6 nitrogen and oxygen atoms in total. The second kappa shape index (κ2) is 7.84. The first-order chi connectivity index (χ1) is 12.5. The van der Waals surface area contributed by atoms with Gasteiger partial charge in [-0.2, -0.15) is 0 Å². The van der Waals surface area contributed by atoms with E-state index in [9.17, 15) is 9.70 Å². The molecule has 130 valence electrons. The van der Waals surface area contributed by atoms with E-state index in [2.05, 4.69) is 20.5 Å². The van der Waals surface area contributed by atoms with E-state index < -0.39 is 0 Å². The molecule has 2 aromatic carbocycles. The van der Waals surface area contributed by atoms with Crippen molar-refractivity contribution in [2.24, 2.45) is 5.18 Å². The second-order valence-corrected chi connectivity index (χ2v) is 6.12. The molecule has 0 unspecified atom stereocenters. The lowest BCUT2D eigenvalue weighted by atomic mass is 10.1. The molecular formula is C19H15ClN4O2. The standard InChI is InChI=1S/C19H15ClN4O2/c1-12-19(23-18(25)10-13-2-6-15(20)7-3-13)21-11-17(22-12)14-4-8-16(24-26)9-5-14/h2-9,11H,10H2,1H3,(H,21,23,25). The molecule has 0 aliphatic carbocycles. The predicted molar refractivity (Wildman–Crippen MR) is 101 cm³/mol. The van der Waals surface area contributed by atoms with E-state index in [0.717, 1.165) is 11.1 Å². The molecule has 1 amide bonds. The summed E-state index contributed by atoms with van der Waals surface area (Å²) in [5, 5.41) is 6.26. The van der Waals surface area contributed by atoms with Gasteiger partial charge in [0.1, 0.15) is 5.69 Å². The number of aryl methyl sites for hydroxylation is 1. The van der Waals surface area contributed by atoms with Crippen LogP contribution in [0.25, 0.3) is 11.3 Å². The Labute approximate surface area is 155 Å². The van der Waals surface area contributed by atoms with Crippen LogP contribution in [0.1, 0.15) is 11.3 Å². The molecule has 1 N–H and O–H groups in total. The minimum absolute atomic E-state index is 0.182. The van der Waals surface area contributed by atoms with Crippen LogP contribution in [0.4, 0.5) is 11.5 Å². The highest BCUT2D eigenvalue weighted by Crippen LogP contribution is 2.22. The van der Waals surface area contributed by atoms with Gasteiger partial charge in [-0.3, -0.25) is 4.79 Å². The van der Waals surface area contributed by atoms with Crippen molar-refractivity contribution in [3.8, 4) is 11.3 Å². The summed E-state index contributed by atoms with van der Waals surface area (Å²) in [4.78, 5) is 31.4. The molecule has 0 atom stereocenters. The first kappa shape index (κ1) is 17.7. The molecule has 3 aromatic rings. The molecule has 0 radical (unpaired) electrons. The quantitative estimate of drug-likeness (QED) is 0.664. The molecule has 0 fully saturated rings. The number of amides is 1. The molecule has 1 aromatic heterocycles. The number of aromatic nitrogens is 2. The lowest BCUT2D eigenvalue weighted by molar-refractivity contribution is -0.115. The zero-order valence-electron chi connectivity index (χ0n) is 13.9. The Kier molecular flexibility index (Phi) is 5.34. The van der Waals surface area contributed by atoms with Gasteiger partial charge in [0.05, 0.1) is 24.0 Å². The van der Waals surface area contributed by atoms with Crippen LogP contribution >= 0.6 is 11.6 Å². The van der Waals surface area contributed by atoms with E-state index in [0.29, 0.717) is 27.9 Å². The predicted octanol–water partition coefficient (Wildman–Crippen LogP) is 4.68. The molecule has 0 bridgehead atoms. The van der Waals surface area contributed by atoms with Crippen LogP contribution in [0.15, 0.2) is 59.9 Å². The molecule has 0 aliphatic heterocycles. The molecule has 0 spiro atoms. The Bertz CT molecular complexity index is 941. The van der Waals surface area contributed by atoms with Gasteiger partial charge in [0.15, 0.2) is 5.82 Å². The molecular weight excluding hydrogens is 352 g/mol. The van der Waals surface area contributed by atoms with Crippen LogP contribution in [0.3, 0.4) is 0 Å². The SMILES string of the molecule is Cc1nc(-c2ccc(N=O)cc2)cnc1NC(=O)Cc1ccc(Cl)cc1. The smallest absolute Gasteiger partial charge is 0.229 e. The normalized spacial score (nSPS) is 10.4. The monoisotopic (exact) mass is 366 g/mol. The van der Waals surface area contributed by atoms with Gasteiger partial charge in [-0.25, -0.2) is 9.97 Å². The first-order valence-electron chi connectivity index (χ1n) is 7.87. The molecule has 0 aliphatic rings. The zero-order chi connectivity index (χ0) is 18.5. The Morgan fingerprint density at radius 1 is 1.12 bits per heavy atom. The van der Waals surface area contributed by atoms with Gasteiger partial charge < -0.3 is 5.32 Å². The van der Waals surface area contributed by atoms with E-state index in [1.54, 1.807) is 61.7 Å². The Hall–Kier alpha value is -3.12. The molecule has 0 saturated carbocycles. The largest absolute Gasteiger partial charge is 0.309 e. The van der Waals surface area contributed by atoms with Gasteiger partial charge in [-0.05, 0) is 41.9 Å². The fourth-order valence-electron chi connectivity index (χ4n) is 2.40. The van der Waals surface area contributed by atoms with Gasteiger partial charge in [-0.15, -0.1) is 4.91 Å². The van der Waals surface area contributed by atoms with E-state index in [1.165, 1.54) is 0 Å². The van der Waals surface area contributed by atoms with Crippen LogP contribution in [0.2, 0.25) is 5.02 Å². The highest BCUT2D eigenvalue weighted by molar-refractivity contribution is 6.30. The van der Waals surface area contributed by atoms with Gasteiger partial charge in [0, 0.05) is 10.6 Å². The highest BCUT2D eigenvalue weighted by atomic mass is 35.5. The number of hydrogen-bond donors (Lipinski definition) is 1. The number of benzene rings is 2. The van der Waals surface area contributed by atoms with Gasteiger partial charge in [0.25, 0.3) is 0 Å². The van der Waals surface area contributed by atoms with Crippen LogP contribution in [-0.4, -0.2) is 15.9 Å².